The molecule has 1 atom stereocenters. The van der Waals surface area contributed by atoms with Gasteiger partial charge in [-0.05, 0) is 31.0 Å². The number of carbonyl (C=O) groups excluding carboxylic acids is 1. The summed E-state index contributed by atoms with van der Waals surface area (Å²) in [6, 6.07) is 7.78. The van der Waals surface area contributed by atoms with Crippen LogP contribution < -0.4 is 5.32 Å². The molecular formula is C18H25NO2. The third-order valence-corrected chi connectivity index (χ3v) is 3.70. The first kappa shape index (κ1) is 17.3. The second kappa shape index (κ2) is 7.85. The molecule has 0 aliphatic carbocycles. The van der Waals surface area contributed by atoms with E-state index in [9.17, 15) is 4.79 Å². The Morgan fingerprint density at radius 1 is 1.43 bits per heavy atom. The van der Waals surface area contributed by atoms with Crippen LogP contribution in [0.25, 0.3) is 0 Å². The number of carbonyl (C=O) groups is 1. The van der Waals surface area contributed by atoms with Gasteiger partial charge in [-0.25, -0.2) is 0 Å². The topological polar surface area (TPSA) is 49.3 Å². The Bertz CT molecular complexity index is 538. The fourth-order valence-electron chi connectivity index (χ4n) is 1.74. The van der Waals surface area contributed by atoms with E-state index < -0.39 is 0 Å². The minimum Gasteiger partial charge on any atom is -0.395 e. The van der Waals surface area contributed by atoms with Crippen LogP contribution in [0.1, 0.15) is 57.7 Å². The van der Waals surface area contributed by atoms with E-state index in [1.54, 1.807) is 0 Å². The van der Waals surface area contributed by atoms with Crippen LogP contribution in [0, 0.1) is 17.3 Å². The summed E-state index contributed by atoms with van der Waals surface area (Å²) >= 11 is 0. The summed E-state index contributed by atoms with van der Waals surface area (Å²) in [4.78, 5) is 12.2. The SMILES string of the molecule is CCC(C)(C)C(=O)NC(C)c1cccc(C#CCCO)c1. The van der Waals surface area contributed by atoms with Crippen molar-refractivity contribution in [3.05, 3.63) is 35.4 Å². The molecule has 0 aliphatic rings. The van der Waals surface area contributed by atoms with Crippen LogP contribution >= 0.6 is 0 Å². The first-order valence-electron chi connectivity index (χ1n) is 7.41. The van der Waals surface area contributed by atoms with Gasteiger partial charge in [-0.15, -0.1) is 0 Å². The van der Waals surface area contributed by atoms with Gasteiger partial charge in [0.1, 0.15) is 0 Å². The summed E-state index contributed by atoms with van der Waals surface area (Å²) < 4.78 is 0. The van der Waals surface area contributed by atoms with Gasteiger partial charge in [0, 0.05) is 17.4 Å². The molecule has 1 rings (SSSR count). The fraction of sp³-hybridized carbons (Fsp3) is 0.500. The number of nitrogens with one attached hydrogen (secondary N) is 1. The molecule has 21 heavy (non-hydrogen) atoms. The smallest absolute Gasteiger partial charge is 0.226 e. The Labute approximate surface area is 127 Å². The molecule has 0 fully saturated rings. The van der Waals surface area contributed by atoms with Gasteiger partial charge in [0.15, 0.2) is 0 Å². The molecule has 0 bridgehead atoms. The first-order valence-corrected chi connectivity index (χ1v) is 7.41. The summed E-state index contributed by atoms with van der Waals surface area (Å²) in [6.45, 7) is 7.97. The first-order chi connectivity index (χ1) is 9.90. The quantitative estimate of drug-likeness (QED) is 0.818. The zero-order valence-electron chi connectivity index (χ0n) is 13.4. The molecule has 0 radical (unpaired) electrons. The Hall–Kier alpha value is -1.79. The van der Waals surface area contributed by atoms with Gasteiger partial charge < -0.3 is 10.4 Å². The summed E-state index contributed by atoms with van der Waals surface area (Å²) in [5, 5.41) is 11.8. The molecular weight excluding hydrogens is 262 g/mol. The van der Waals surface area contributed by atoms with Crippen molar-refractivity contribution in [1.29, 1.82) is 0 Å². The van der Waals surface area contributed by atoms with Gasteiger partial charge in [-0.2, -0.15) is 0 Å². The van der Waals surface area contributed by atoms with Gasteiger partial charge in [-0.3, -0.25) is 4.79 Å². The van der Waals surface area contributed by atoms with E-state index >= 15 is 0 Å². The number of hydrogen-bond donors (Lipinski definition) is 2. The number of benzene rings is 1. The van der Waals surface area contributed by atoms with Gasteiger partial charge in [-0.1, -0.05) is 44.7 Å². The van der Waals surface area contributed by atoms with Crippen molar-refractivity contribution in [2.75, 3.05) is 6.61 Å². The van der Waals surface area contributed by atoms with Crippen LogP contribution in [-0.2, 0) is 4.79 Å². The lowest BCUT2D eigenvalue weighted by Gasteiger charge is -2.24. The highest BCUT2D eigenvalue weighted by Gasteiger charge is 2.26. The zero-order valence-corrected chi connectivity index (χ0v) is 13.4. The third kappa shape index (κ3) is 5.24. The largest absolute Gasteiger partial charge is 0.395 e. The molecule has 2 N–H and O–H groups in total. The molecule has 1 unspecified atom stereocenters. The Morgan fingerprint density at radius 2 is 2.14 bits per heavy atom. The number of hydrogen-bond acceptors (Lipinski definition) is 2. The minimum atomic E-state index is -0.354. The number of amides is 1. The molecule has 114 valence electrons. The van der Waals surface area contributed by atoms with Crippen LogP contribution in [0.2, 0.25) is 0 Å². The molecule has 1 amide bonds. The van der Waals surface area contributed by atoms with Gasteiger partial charge in [0.25, 0.3) is 0 Å². The molecule has 0 aromatic heterocycles. The number of aliphatic hydroxyl groups excluding tert-OH is 1. The van der Waals surface area contributed by atoms with Crippen molar-refractivity contribution in [3.63, 3.8) is 0 Å². The number of aliphatic hydroxyl groups is 1. The maximum Gasteiger partial charge on any atom is 0.226 e. The molecule has 0 spiro atoms. The Kier molecular flexibility index (Phi) is 6.45. The van der Waals surface area contributed by atoms with Crippen molar-refractivity contribution in [1.82, 2.24) is 5.32 Å². The van der Waals surface area contributed by atoms with E-state index in [2.05, 4.69) is 17.2 Å². The van der Waals surface area contributed by atoms with Gasteiger partial charge in [0.05, 0.1) is 12.6 Å². The van der Waals surface area contributed by atoms with E-state index in [-0.39, 0.29) is 24.0 Å². The normalized spacial score (nSPS) is 12.2. The van der Waals surface area contributed by atoms with Crippen molar-refractivity contribution in [3.8, 4) is 11.8 Å². The Balaban J connectivity index is 2.80. The van der Waals surface area contributed by atoms with Crippen LogP contribution in [0.4, 0.5) is 0 Å². The summed E-state index contributed by atoms with van der Waals surface area (Å²) in [7, 11) is 0. The summed E-state index contributed by atoms with van der Waals surface area (Å²) in [5.41, 5.74) is 1.58. The average molecular weight is 287 g/mol. The second-order valence-corrected chi connectivity index (χ2v) is 5.83. The lowest BCUT2D eigenvalue weighted by atomic mass is 9.88. The maximum absolute atomic E-state index is 12.2. The van der Waals surface area contributed by atoms with Crippen LogP contribution in [0.15, 0.2) is 24.3 Å². The van der Waals surface area contributed by atoms with E-state index in [4.69, 9.17) is 5.11 Å². The lowest BCUT2D eigenvalue weighted by Crippen LogP contribution is -2.37. The molecule has 0 saturated heterocycles. The van der Waals surface area contributed by atoms with Crippen molar-refractivity contribution < 1.29 is 9.90 Å². The zero-order chi connectivity index (χ0) is 15.9. The molecule has 3 nitrogen and oxygen atoms in total. The minimum absolute atomic E-state index is 0.0529. The molecule has 0 heterocycles. The molecule has 1 aromatic carbocycles. The van der Waals surface area contributed by atoms with Gasteiger partial charge in [0.2, 0.25) is 5.91 Å². The standard InChI is InChI=1S/C18H25NO2/c1-5-18(3,4)17(21)19-14(2)16-11-8-10-15(13-16)9-6-7-12-20/h8,10-11,13-14,20H,5,7,12H2,1-4H3,(H,19,21). The van der Waals surface area contributed by atoms with E-state index in [0.717, 1.165) is 17.5 Å². The van der Waals surface area contributed by atoms with Crippen LogP contribution in [0.5, 0.6) is 0 Å². The highest BCUT2D eigenvalue weighted by Crippen LogP contribution is 2.22. The molecule has 3 heteroatoms. The average Bonchev–Trinajstić information content (AvgIpc) is 2.47. The van der Waals surface area contributed by atoms with Crippen molar-refractivity contribution >= 4 is 5.91 Å². The summed E-state index contributed by atoms with van der Waals surface area (Å²) in [6.07, 6.45) is 1.28. The molecule has 1 aromatic rings. The van der Waals surface area contributed by atoms with Crippen LogP contribution in [-0.4, -0.2) is 17.6 Å². The van der Waals surface area contributed by atoms with Gasteiger partial charge >= 0.3 is 0 Å². The molecule has 0 saturated carbocycles. The van der Waals surface area contributed by atoms with E-state index in [1.165, 1.54) is 0 Å². The number of rotatable bonds is 5. The van der Waals surface area contributed by atoms with Crippen LogP contribution in [0.3, 0.4) is 0 Å². The lowest BCUT2D eigenvalue weighted by molar-refractivity contribution is -0.130. The van der Waals surface area contributed by atoms with Crippen molar-refractivity contribution in [2.24, 2.45) is 5.41 Å². The highest BCUT2D eigenvalue weighted by atomic mass is 16.2. The molecule has 0 aliphatic heterocycles. The highest BCUT2D eigenvalue weighted by molar-refractivity contribution is 5.82. The predicted molar refractivity (Wildman–Crippen MR) is 85.7 cm³/mol. The fourth-order valence-corrected chi connectivity index (χ4v) is 1.74. The van der Waals surface area contributed by atoms with Crippen molar-refractivity contribution in [2.45, 2.75) is 46.6 Å². The predicted octanol–water partition coefficient (Wildman–Crippen LogP) is 3.03. The monoisotopic (exact) mass is 287 g/mol. The van der Waals surface area contributed by atoms with E-state index in [0.29, 0.717) is 6.42 Å². The van der Waals surface area contributed by atoms with E-state index in [1.807, 2.05) is 52.0 Å². The third-order valence-electron chi connectivity index (χ3n) is 3.70. The Morgan fingerprint density at radius 3 is 2.76 bits per heavy atom. The second-order valence-electron chi connectivity index (χ2n) is 5.83. The summed E-state index contributed by atoms with van der Waals surface area (Å²) in [5.74, 6) is 5.98. The maximum atomic E-state index is 12.2.